The number of aromatic nitrogens is 5. The molecule has 1 atom stereocenters. The van der Waals surface area contributed by atoms with Crippen LogP contribution < -0.4 is 10.6 Å². The van der Waals surface area contributed by atoms with Gasteiger partial charge >= 0.3 is 6.18 Å². The van der Waals surface area contributed by atoms with Gasteiger partial charge in [0.15, 0.2) is 5.69 Å². The minimum atomic E-state index is -4.76. The number of alkyl halides is 3. The zero-order chi connectivity index (χ0) is 27.2. The Balaban J connectivity index is 1.45. The van der Waals surface area contributed by atoms with Crippen LogP contribution in [0.5, 0.6) is 0 Å². The molecule has 2 amide bonds. The van der Waals surface area contributed by atoms with Crippen LogP contribution in [0, 0.1) is 31.6 Å². The average molecular weight is 530 g/mol. The second-order valence-electron chi connectivity index (χ2n) is 10.1. The highest BCUT2D eigenvalue weighted by Crippen LogP contribution is 2.51. The molecule has 3 aromatic rings. The van der Waals surface area contributed by atoms with Gasteiger partial charge < -0.3 is 10.6 Å². The number of H-pyrrole nitrogens is 1. The second-order valence-corrected chi connectivity index (χ2v) is 10.1. The van der Waals surface area contributed by atoms with Gasteiger partial charge in [-0.05, 0) is 82.4 Å². The second kappa shape index (κ2) is 9.88. The van der Waals surface area contributed by atoms with Crippen LogP contribution in [0.3, 0.4) is 0 Å². The normalized spacial score (nSPS) is 16.5. The van der Waals surface area contributed by atoms with E-state index in [0.717, 1.165) is 25.7 Å². The smallest absolute Gasteiger partial charge is 0.339 e. The molecule has 3 heterocycles. The first kappa shape index (κ1) is 25.9. The van der Waals surface area contributed by atoms with E-state index < -0.39 is 29.7 Å². The van der Waals surface area contributed by atoms with Crippen molar-refractivity contribution in [1.82, 2.24) is 30.3 Å². The third kappa shape index (κ3) is 5.16. The summed E-state index contributed by atoms with van der Waals surface area (Å²) in [6.07, 6.45) is 0.596. The number of halogens is 3. The number of anilines is 1. The number of rotatable bonds is 9. The summed E-state index contributed by atoms with van der Waals surface area (Å²) in [4.78, 5) is 30.5. The van der Waals surface area contributed by atoms with E-state index in [2.05, 4.69) is 30.9 Å². The van der Waals surface area contributed by atoms with Crippen molar-refractivity contribution in [3.05, 3.63) is 47.2 Å². The van der Waals surface area contributed by atoms with Crippen LogP contribution in [0.25, 0.3) is 11.1 Å². The molecule has 2 aliphatic rings. The number of pyridine rings is 1. The third-order valence-corrected chi connectivity index (χ3v) is 7.35. The van der Waals surface area contributed by atoms with E-state index >= 15 is 0 Å². The van der Waals surface area contributed by atoms with Crippen molar-refractivity contribution in [2.75, 3.05) is 5.32 Å². The van der Waals surface area contributed by atoms with Gasteiger partial charge in [0.25, 0.3) is 5.91 Å². The van der Waals surface area contributed by atoms with Gasteiger partial charge in [-0.1, -0.05) is 0 Å². The summed E-state index contributed by atoms with van der Waals surface area (Å²) in [5.74, 6) is -0.747. The lowest BCUT2D eigenvalue weighted by Crippen LogP contribution is -2.50. The van der Waals surface area contributed by atoms with Crippen LogP contribution >= 0.6 is 0 Å². The Hall–Kier alpha value is -3.70. The van der Waals surface area contributed by atoms with Crippen LogP contribution in [0.1, 0.15) is 60.2 Å². The Morgan fingerprint density at radius 3 is 2.37 bits per heavy atom. The number of carbonyl (C=O) groups excluding carboxylic acids is 2. The number of hydrogen-bond acceptors (Lipinski definition) is 5. The highest BCUT2D eigenvalue weighted by atomic mass is 19.4. The van der Waals surface area contributed by atoms with Gasteiger partial charge in [-0.25, -0.2) is 4.98 Å². The summed E-state index contributed by atoms with van der Waals surface area (Å²) >= 11 is 0. The van der Waals surface area contributed by atoms with Crippen molar-refractivity contribution in [3.8, 4) is 11.1 Å². The highest BCUT2D eigenvalue weighted by Gasteiger charge is 2.48. The Morgan fingerprint density at radius 2 is 1.82 bits per heavy atom. The van der Waals surface area contributed by atoms with Gasteiger partial charge in [0.2, 0.25) is 5.91 Å². The van der Waals surface area contributed by atoms with Crippen molar-refractivity contribution in [1.29, 1.82) is 0 Å². The van der Waals surface area contributed by atoms with Crippen LogP contribution in [-0.2, 0) is 17.5 Å². The Labute approximate surface area is 217 Å². The lowest BCUT2D eigenvalue weighted by molar-refractivity contribution is -0.140. The molecule has 0 saturated heterocycles. The van der Waals surface area contributed by atoms with E-state index in [1.54, 1.807) is 19.9 Å². The van der Waals surface area contributed by atoms with E-state index in [1.807, 2.05) is 6.92 Å². The molecule has 0 aliphatic heterocycles. The third-order valence-electron chi connectivity index (χ3n) is 7.35. The van der Waals surface area contributed by atoms with Crippen LogP contribution in [0.15, 0.2) is 24.4 Å². The van der Waals surface area contributed by atoms with Crippen LogP contribution in [0.4, 0.5) is 19.0 Å². The minimum Gasteiger partial charge on any atom is -0.339 e. The Morgan fingerprint density at radius 1 is 1.13 bits per heavy atom. The summed E-state index contributed by atoms with van der Waals surface area (Å²) in [6, 6.07) is 3.31. The SMILES string of the molecule is CCn1nccc1C(=O)N[C@H](C(=O)Nc1ccc(-c2c(C)n[nH]c2C)c(C(F)(F)F)n1)C(C1CC1)C1CC1. The Kier molecular flexibility index (Phi) is 6.74. The zero-order valence-electron chi connectivity index (χ0n) is 21.4. The molecule has 2 aliphatic carbocycles. The molecule has 0 spiro atoms. The summed E-state index contributed by atoms with van der Waals surface area (Å²) in [6.45, 7) is 5.58. The van der Waals surface area contributed by atoms with E-state index in [4.69, 9.17) is 0 Å². The molecule has 3 aromatic heterocycles. The van der Waals surface area contributed by atoms with Crippen LogP contribution in [0.2, 0.25) is 0 Å². The van der Waals surface area contributed by atoms with E-state index in [9.17, 15) is 22.8 Å². The highest BCUT2D eigenvalue weighted by molar-refractivity contribution is 6.00. The summed E-state index contributed by atoms with van der Waals surface area (Å²) in [5, 5.41) is 16.3. The molecule has 0 aromatic carbocycles. The lowest BCUT2D eigenvalue weighted by atomic mass is 9.88. The van der Waals surface area contributed by atoms with Crippen molar-refractivity contribution in [2.24, 2.45) is 17.8 Å². The summed E-state index contributed by atoms with van der Waals surface area (Å²) < 4.78 is 43.7. The lowest BCUT2D eigenvalue weighted by Gasteiger charge is -2.27. The fourth-order valence-corrected chi connectivity index (χ4v) is 5.32. The number of hydrogen-bond donors (Lipinski definition) is 3. The summed E-state index contributed by atoms with van der Waals surface area (Å²) in [5.41, 5.74) is 0.308. The maximum atomic E-state index is 14.1. The summed E-state index contributed by atoms with van der Waals surface area (Å²) in [7, 11) is 0. The number of aromatic amines is 1. The maximum absolute atomic E-state index is 14.1. The quantitative estimate of drug-likeness (QED) is 0.377. The molecule has 38 heavy (non-hydrogen) atoms. The van der Waals surface area contributed by atoms with E-state index in [1.165, 1.54) is 23.0 Å². The first-order valence-corrected chi connectivity index (χ1v) is 12.8. The van der Waals surface area contributed by atoms with Crippen LogP contribution in [-0.4, -0.2) is 42.8 Å². The topological polar surface area (TPSA) is 118 Å². The number of amides is 2. The molecule has 5 rings (SSSR count). The first-order chi connectivity index (χ1) is 18.1. The number of nitrogens with one attached hydrogen (secondary N) is 3. The maximum Gasteiger partial charge on any atom is 0.434 e. The fourth-order valence-electron chi connectivity index (χ4n) is 5.32. The van der Waals surface area contributed by atoms with E-state index in [-0.39, 0.29) is 17.3 Å². The monoisotopic (exact) mass is 529 g/mol. The predicted molar refractivity (Wildman–Crippen MR) is 133 cm³/mol. The largest absolute Gasteiger partial charge is 0.434 e. The molecule has 0 radical (unpaired) electrons. The van der Waals surface area contributed by atoms with Gasteiger partial charge in [-0.3, -0.25) is 19.4 Å². The molecule has 2 saturated carbocycles. The first-order valence-electron chi connectivity index (χ1n) is 12.8. The number of carbonyl (C=O) groups is 2. The van der Waals surface area contributed by atoms with E-state index in [0.29, 0.717) is 41.0 Å². The molecule has 0 bridgehead atoms. The van der Waals surface area contributed by atoms with Crippen molar-refractivity contribution < 1.29 is 22.8 Å². The molecule has 2 fully saturated rings. The average Bonchev–Trinajstić information content (AvgIpc) is 3.80. The van der Waals surface area contributed by atoms with Gasteiger partial charge in [0, 0.05) is 29.6 Å². The number of aryl methyl sites for hydroxylation is 3. The molecular formula is C26H30F3N7O2. The molecule has 202 valence electrons. The van der Waals surface area contributed by atoms with Gasteiger partial charge in [0.05, 0.1) is 5.69 Å². The zero-order valence-corrected chi connectivity index (χ0v) is 21.4. The standard InChI is InChI=1S/C26H30F3N7O2/c1-4-36-18(11-12-30-36)24(37)33-22(21(15-5-6-15)16-7-8-16)25(38)32-19-10-9-17(23(31-19)26(27,28)29)20-13(2)34-35-14(20)3/h9-12,15-16,21-22H,4-8H2,1-3H3,(H,33,37)(H,34,35)(H,31,32,38)/t22-/m0/s1. The van der Waals surface area contributed by atoms with Crippen molar-refractivity contribution >= 4 is 17.6 Å². The van der Waals surface area contributed by atoms with Gasteiger partial charge in [0.1, 0.15) is 17.6 Å². The molecule has 3 N–H and O–H groups in total. The fraction of sp³-hybridized carbons (Fsp3) is 0.500. The molecule has 0 unspecified atom stereocenters. The molecular weight excluding hydrogens is 499 g/mol. The predicted octanol–water partition coefficient (Wildman–Crippen LogP) is 4.50. The van der Waals surface area contributed by atoms with Gasteiger partial charge in [-0.2, -0.15) is 23.4 Å². The molecule has 9 nitrogen and oxygen atoms in total. The number of nitrogens with zero attached hydrogens (tertiary/aromatic N) is 4. The Bertz CT molecular complexity index is 1320. The van der Waals surface area contributed by atoms with Gasteiger partial charge in [-0.15, -0.1) is 0 Å². The molecule has 12 heteroatoms. The minimum absolute atomic E-state index is 0.0884. The van der Waals surface area contributed by atoms with Crippen molar-refractivity contribution in [3.63, 3.8) is 0 Å². The van der Waals surface area contributed by atoms with Crippen molar-refractivity contribution in [2.45, 2.75) is 65.2 Å².